The second-order valence-corrected chi connectivity index (χ2v) is 12.5. The summed E-state index contributed by atoms with van der Waals surface area (Å²) in [4.78, 5) is 0. The molecule has 3 nitrogen and oxygen atoms in total. The summed E-state index contributed by atoms with van der Waals surface area (Å²) in [5.74, 6) is 0. The van der Waals surface area contributed by atoms with Gasteiger partial charge in [0.15, 0.2) is 0 Å². The van der Waals surface area contributed by atoms with E-state index in [9.17, 15) is 5.26 Å². The number of hydrogen-bond acceptors (Lipinski definition) is 1. The summed E-state index contributed by atoms with van der Waals surface area (Å²) in [6.07, 6.45) is 0. The molecule has 0 bridgehead atoms. The van der Waals surface area contributed by atoms with Crippen LogP contribution in [-0.2, 0) is 0 Å². The van der Waals surface area contributed by atoms with Crippen molar-refractivity contribution in [2.75, 3.05) is 0 Å². The van der Waals surface area contributed by atoms with E-state index < -0.39 is 0 Å². The van der Waals surface area contributed by atoms with Crippen LogP contribution in [0.4, 0.5) is 0 Å². The molecule has 0 aliphatic heterocycles. The molecule has 0 aliphatic carbocycles. The van der Waals surface area contributed by atoms with Gasteiger partial charge in [-0.05, 0) is 99.4 Å². The summed E-state index contributed by atoms with van der Waals surface area (Å²) in [6, 6.07) is 60.9. The molecule has 0 unspecified atom stereocenters. The first-order chi connectivity index (χ1) is 23.8. The predicted molar refractivity (Wildman–Crippen MR) is 200 cm³/mol. The van der Waals surface area contributed by atoms with Crippen LogP contribution < -0.4 is 0 Å². The third-order valence-corrected chi connectivity index (χ3v) is 9.90. The molecule has 0 saturated heterocycles. The Balaban J connectivity index is 1.21. The number of fused-ring (bicyclic) bond motifs is 9. The van der Waals surface area contributed by atoms with Crippen LogP contribution in [0.25, 0.3) is 87.7 Å². The fraction of sp³-hybridized carbons (Fsp3) is 0. The molecule has 8 aromatic carbocycles. The lowest BCUT2D eigenvalue weighted by Crippen LogP contribution is -1.94. The first kappa shape index (κ1) is 26.6. The van der Waals surface area contributed by atoms with E-state index in [1.807, 2.05) is 18.2 Å². The maximum Gasteiger partial charge on any atom is 0.0991 e. The second kappa shape index (κ2) is 10.2. The minimum Gasteiger partial charge on any atom is -0.309 e. The van der Waals surface area contributed by atoms with Crippen LogP contribution in [0.3, 0.4) is 0 Å². The van der Waals surface area contributed by atoms with E-state index in [2.05, 4.69) is 161 Å². The first-order valence-corrected chi connectivity index (χ1v) is 16.2. The Labute approximate surface area is 276 Å². The van der Waals surface area contributed by atoms with Gasteiger partial charge in [0.2, 0.25) is 0 Å². The van der Waals surface area contributed by atoms with Crippen molar-refractivity contribution in [3.05, 3.63) is 169 Å². The lowest BCUT2D eigenvalue weighted by Gasteiger charge is -2.12. The summed E-state index contributed by atoms with van der Waals surface area (Å²) < 4.78 is 4.76. The quantitative estimate of drug-likeness (QED) is 0.183. The Morgan fingerprint density at radius 1 is 0.396 bits per heavy atom. The van der Waals surface area contributed by atoms with Crippen molar-refractivity contribution < 1.29 is 0 Å². The second-order valence-electron chi connectivity index (χ2n) is 12.5. The van der Waals surface area contributed by atoms with Gasteiger partial charge in [0.25, 0.3) is 0 Å². The van der Waals surface area contributed by atoms with Gasteiger partial charge in [0.05, 0.1) is 33.7 Å². The summed E-state index contributed by atoms with van der Waals surface area (Å²) >= 11 is 0. The molecule has 0 fully saturated rings. The molecule has 10 aromatic rings. The van der Waals surface area contributed by atoms with Crippen LogP contribution in [0, 0.1) is 11.3 Å². The number of nitrogens with zero attached hydrogens (tertiary/aromatic N) is 3. The summed E-state index contributed by atoms with van der Waals surface area (Å²) in [6.45, 7) is 0. The molecule has 0 N–H and O–H groups in total. The molecule has 2 aromatic heterocycles. The maximum atomic E-state index is 9.54. The molecule has 0 aliphatic rings. The van der Waals surface area contributed by atoms with E-state index in [1.165, 1.54) is 54.7 Å². The van der Waals surface area contributed by atoms with E-state index in [-0.39, 0.29) is 0 Å². The molecule has 3 heteroatoms. The first-order valence-electron chi connectivity index (χ1n) is 16.2. The standard InChI is InChI=1S/C45H27N3/c46-28-29-17-18-30-19-20-31-26-34(22-23-35(31)39(30)25-29)48-42-15-7-5-12-38(42)45-36(13-8-16-44(45)48)32-21-24-43-40(27-32)37-11-4-6-14-41(37)47(43)33-9-2-1-3-10-33/h1-27H. The number of benzene rings is 8. The molecule has 0 amide bonds. The molecule has 10 rings (SSSR count). The zero-order valence-electron chi connectivity index (χ0n) is 25.9. The topological polar surface area (TPSA) is 33.6 Å². The van der Waals surface area contributed by atoms with Gasteiger partial charge in [-0.2, -0.15) is 5.26 Å². The molecule has 222 valence electrons. The molecule has 0 radical (unpaired) electrons. The fourth-order valence-electron chi connectivity index (χ4n) is 7.79. The highest BCUT2D eigenvalue weighted by Gasteiger charge is 2.18. The van der Waals surface area contributed by atoms with Gasteiger partial charge in [-0.15, -0.1) is 0 Å². The summed E-state index contributed by atoms with van der Waals surface area (Å²) in [5, 5.41) is 19.0. The maximum absolute atomic E-state index is 9.54. The fourth-order valence-corrected chi connectivity index (χ4v) is 7.79. The van der Waals surface area contributed by atoms with Crippen LogP contribution in [0.5, 0.6) is 0 Å². The van der Waals surface area contributed by atoms with Crippen LogP contribution in [0.15, 0.2) is 164 Å². The SMILES string of the molecule is N#Cc1ccc2ccc3cc(-n4c5ccccc5c5c(-c6ccc7c(c6)c6ccccc6n7-c6ccccc6)cccc54)ccc3c2c1. The van der Waals surface area contributed by atoms with Crippen molar-refractivity contribution in [3.8, 4) is 28.6 Å². The zero-order chi connectivity index (χ0) is 31.8. The van der Waals surface area contributed by atoms with Gasteiger partial charge in [0, 0.05) is 32.9 Å². The highest BCUT2D eigenvalue weighted by Crippen LogP contribution is 2.41. The third kappa shape index (κ3) is 3.81. The van der Waals surface area contributed by atoms with Gasteiger partial charge in [0.1, 0.15) is 0 Å². The largest absolute Gasteiger partial charge is 0.309 e. The van der Waals surface area contributed by atoms with E-state index in [1.54, 1.807) is 0 Å². The molecule has 2 heterocycles. The minimum absolute atomic E-state index is 0.678. The number of rotatable bonds is 3. The van der Waals surface area contributed by atoms with Crippen molar-refractivity contribution in [1.29, 1.82) is 5.26 Å². The van der Waals surface area contributed by atoms with Crippen molar-refractivity contribution in [3.63, 3.8) is 0 Å². The molecule has 0 atom stereocenters. The van der Waals surface area contributed by atoms with Crippen molar-refractivity contribution >= 4 is 65.2 Å². The normalized spacial score (nSPS) is 11.7. The summed E-state index contributed by atoms with van der Waals surface area (Å²) in [5.41, 5.74) is 10.1. The monoisotopic (exact) mass is 609 g/mol. The number of para-hydroxylation sites is 3. The van der Waals surface area contributed by atoms with Crippen molar-refractivity contribution in [2.24, 2.45) is 0 Å². The van der Waals surface area contributed by atoms with Gasteiger partial charge in [-0.1, -0.05) is 97.1 Å². The number of nitriles is 1. The highest BCUT2D eigenvalue weighted by atomic mass is 15.0. The molecule has 48 heavy (non-hydrogen) atoms. The van der Waals surface area contributed by atoms with Crippen LogP contribution in [-0.4, -0.2) is 9.13 Å². The van der Waals surface area contributed by atoms with Gasteiger partial charge >= 0.3 is 0 Å². The molecule has 0 spiro atoms. The third-order valence-electron chi connectivity index (χ3n) is 9.90. The Hall–Kier alpha value is -6.63. The van der Waals surface area contributed by atoms with Gasteiger partial charge in [-0.3, -0.25) is 0 Å². The summed E-state index contributed by atoms with van der Waals surface area (Å²) in [7, 11) is 0. The molecular weight excluding hydrogens is 583 g/mol. The number of hydrogen-bond donors (Lipinski definition) is 0. The van der Waals surface area contributed by atoms with Crippen LogP contribution >= 0.6 is 0 Å². The predicted octanol–water partition coefficient (Wildman–Crippen LogP) is 11.7. The van der Waals surface area contributed by atoms with Crippen molar-refractivity contribution in [1.82, 2.24) is 9.13 Å². The van der Waals surface area contributed by atoms with Crippen LogP contribution in [0.2, 0.25) is 0 Å². The molecular formula is C45H27N3. The van der Waals surface area contributed by atoms with E-state index in [0.717, 1.165) is 32.9 Å². The number of aromatic nitrogens is 2. The average Bonchev–Trinajstić information content (AvgIpc) is 3.67. The lowest BCUT2D eigenvalue weighted by atomic mass is 9.98. The van der Waals surface area contributed by atoms with Crippen LogP contribution in [0.1, 0.15) is 5.56 Å². The lowest BCUT2D eigenvalue weighted by molar-refractivity contribution is 1.18. The van der Waals surface area contributed by atoms with E-state index >= 15 is 0 Å². The Bertz CT molecular complexity index is 2950. The smallest absolute Gasteiger partial charge is 0.0991 e. The van der Waals surface area contributed by atoms with E-state index in [0.29, 0.717) is 5.56 Å². The minimum atomic E-state index is 0.678. The highest BCUT2D eigenvalue weighted by molar-refractivity contribution is 6.18. The van der Waals surface area contributed by atoms with E-state index in [4.69, 9.17) is 0 Å². The van der Waals surface area contributed by atoms with Gasteiger partial charge < -0.3 is 9.13 Å². The Morgan fingerprint density at radius 3 is 1.94 bits per heavy atom. The van der Waals surface area contributed by atoms with Crippen molar-refractivity contribution in [2.45, 2.75) is 0 Å². The van der Waals surface area contributed by atoms with Gasteiger partial charge in [-0.25, -0.2) is 0 Å². The zero-order valence-corrected chi connectivity index (χ0v) is 25.9. The average molecular weight is 610 g/mol. The molecule has 0 saturated carbocycles. The Morgan fingerprint density at radius 2 is 1.08 bits per heavy atom. The Kier molecular flexibility index (Phi) is 5.64.